The van der Waals surface area contributed by atoms with Crippen LogP contribution in [-0.4, -0.2) is 34.0 Å². The molecule has 0 bridgehead atoms. The van der Waals surface area contributed by atoms with Gasteiger partial charge in [0.15, 0.2) is 11.6 Å². The molecule has 2 aromatic carbocycles. The zero-order chi connectivity index (χ0) is 26.7. The average molecular weight is 554 g/mol. The number of halogens is 5. The molecular formula is C25H20Cl2F3N3O4. The average Bonchev–Trinajstić information content (AvgIpc) is 2.86. The first-order chi connectivity index (χ1) is 17.6. The van der Waals surface area contributed by atoms with Gasteiger partial charge in [-0.1, -0.05) is 23.2 Å². The summed E-state index contributed by atoms with van der Waals surface area (Å²) in [6, 6.07) is 5.72. The van der Waals surface area contributed by atoms with Gasteiger partial charge in [0.1, 0.15) is 22.9 Å². The van der Waals surface area contributed by atoms with Gasteiger partial charge in [-0.05, 0) is 49.9 Å². The summed E-state index contributed by atoms with van der Waals surface area (Å²) in [5.74, 6) is -4.84. The smallest absolute Gasteiger partial charge is 0.257 e. The van der Waals surface area contributed by atoms with E-state index in [4.69, 9.17) is 27.9 Å². The molecule has 1 fully saturated rings. The van der Waals surface area contributed by atoms with Crippen molar-refractivity contribution in [2.24, 2.45) is 0 Å². The summed E-state index contributed by atoms with van der Waals surface area (Å²) in [5.41, 5.74) is -0.216. The Morgan fingerprint density at radius 1 is 0.865 bits per heavy atom. The van der Waals surface area contributed by atoms with Crippen LogP contribution in [-0.2, 0) is 0 Å². The van der Waals surface area contributed by atoms with E-state index in [1.54, 1.807) is 0 Å². The fourth-order valence-corrected chi connectivity index (χ4v) is 4.27. The Labute approximate surface area is 219 Å². The Bertz CT molecular complexity index is 1350. The number of nitrogens with zero attached hydrogens (tertiary/aromatic N) is 1. The second-order valence-electron chi connectivity index (χ2n) is 8.46. The molecule has 37 heavy (non-hydrogen) atoms. The van der Waals surface area contributed by atoms with Crippen LogP contribution in [0.4, 0.5) is 13.2 Å². The molecule has 4 rings (SSSR count). The van der Waals surface area contributed by atoms with Crippen molar-refractivity contribution in [2.75, 3.05) is 0 Å². The molecule has 1 heterocycles. The van der Waals surface area contributed by atoms with Crippen molar-refractivity contribution in [2.45, 2.75) is 37.8 Å². The zero-order valence-electron chi connectivity index (χ0n) is 19.0. The number of hydrogen-bond donors (Lipinski definition) is 3. The summed E-state index contributed by atoms with van der Waals surface area (Å²) in [6.07, 6.45) is 2.90. The number of carbonyl (C=O) groups is 2. The van der Waals surface area contributed by atoms with Crippen LogP contribution in [0.1, 0.15) is 46.4 Å². The normalized spacial score (nSPS) is 17.2. The van der Waals surface area contributed by atoms with Gasteiger partial charge < -0.3 is 20.5 Å². The molecule has 0 unspecified atom stereocenters. The van der Waals surface area contributed by atoms with E-state index in [-0.39, 0.29) is 50.6 Å². The number of ether oxygens (including phenoxy) is 1. The number of carbonyl (C=O) groups excluding carboxylic acids is 2. The lowest BCUT2D eigenvalue weighted by Crippen LogP contribution is -2.44. The monoisotopic (exact) mass is 553 g/mol. The highest BCUT2D eigenvalue weighted by atomic mass is 35.5. The number of aromatic hydroxyl groups is 1. The first-order valence-corrected chi connectivity index (χ1v) is 11.9. The molecule has 1 saturated carbocycles. The zero-order valence-corrected chi connectivity index (χ0v) is 20.5. The molecule has 3 aromatic rings. The molecule has 1 aliphatic rings. The van der Waals surface area contributed by atoms with Gasteiger partial charge in [0, 0.05) is 24.2 Å². The second-order valence-corrected chi connectivity index (χ2v) is 9.28. The Hall–Kier alpha value is -3.50. The molecular weight excluding hydrogens is 534 g/mol. The standard InChI is InChI=1S/C25H20Cl2F3N3O4/c26-18-9-16(22(34)10-19(18)27)23(35)32-13-1-3-14(4-2-13)33-24(36)17-7-12(28)11-31-25(17)37-15-5-6-20(29)21(30)8-15/h5-11,13-14,34H,1-4H2,(H,32,35)(H,33,36). The van der Waals surface area contributed by atoms with E-state index in [1.807, 2.05) is 0 Å². The van der Waals surface area contributed by atoms with Crippen LogP contribution in [0.5, 0.6) is 17.4 Å². The highest BCUT2D eigenvalue weighted by Gasteiger charge is 2.27. The van der Waals surface area contributed by atoms with Gasteiger partial charge in [0.25, 0.3) is 11.8 Å². The molecule has 0 spiro atoms. The first kappa shape index (κ1) is 26.6. The lowest BCUT2D eigenvalue weighted by molar-refractivity contribution is 0.0888. The minimum Gasteiger partial charge on any atom is -0.507 e. The Morgan fingerprint density at radius 3 is 2.08 bits per heavy atom. The lowest BCUT2D eigenvalue weighted by atomic mass is 9.90. The third kappa shape index (κ3) is 6.44. The van der Waals surface area contributed by atoms with Crippen molar-refractivity contribution < 1.29 is 32.6 Å². The van der Waals surface area contributed by atoms with E-state index in [0.717, 1.165) is 30.5 Å². The lowest BCUT2D eigenvalue weighted by Gasteiger charge is -2.30. The van der Waals surface area contributed by atoms with Crippen molar-refractivity contribution in [1.82, 2.24) is 15.6 Å². The molecule has 1 aliphatic carbocycles. The van der Waals surface area contributed by atoms with Crippen molar-refractivity contribution in [1.29, 1.82) is 0 Å². The molecule has 0 radical (unpaired) electrons. The van der Waals surface area contributed by atoms with Crippen molar-refractivity contribution >= 4 is 35.0 Å². The summed E-state index contributed by atoms with van der Waals surface area (Å²) >= 11 is 11.8. The van der Waals surface area contributed by atoms with Gasteiger partial charge in [-0.15, -0.1) is 0 Å². The third-order valence-corrected chi connectivity index (χ3v) is 6.57. The van der Waals surface area contributed by atoms with Gasteiger partial charge in [-0.3, -0.25) is 9.59 Å². The minimum absolute atomic E-state index is 0.00278. The third-order valence-electron chi connectivity index (χ3n) is 5.85. The number of aromatic nitrogens is 1. The molecule has 0 atom stereocenters. The molecule has 0 aliphatic heterocycles. The summed E-state index contributed by atoms with van der Waals surface area (Å²) in [4.78, 5) is 29.2. The quantitative estimate of drug-likeness (QED) is 0.359. The van der Waals surface area contributed by atoms with E-state index >= 15 is 0 Å². The van der Waals surface area contributed by atoms with E-state index in [0.29, 0.717) is 25.7 Å². The van der Waals surface area contributed by atoms with Gasteiger partial charge in [0.2, 0.25) is 5.88 Å². The Balaban J connectivity index is 1.36. The van der Waals surface area contributed by atoms with Crippen LogP contribution in [0.2, 0.25) is 10.0 Å². The van der Waals surface area contributed by atoms with E-state index in [2.05, 4.69) is 15.6 Å². The van der Waals surface area contributed by atoms with Crippen LogP contribution < -0.4 is 15.4 Å². The number of hydrogen-bond acceptors (Lipinski definition) is 5. The summed E-state index contributed by atoms with van der Waals surface area (Å²) in [7, 11) is 0. The number of phenolic OH excluding ortho intramolecular Hbond substituents is 1. The van der Waals surface area contributed by atoms with Gasteiger partial charge >= 0.3 is 0 Å². The first-order valence-electron chi connectivity index (χ1n) is 11.2. The van der Waals surface area contributed by atoms with Crippen LogP contribution in [0, 0.1) is 17.5 Å². The molecule has 0 saturated heterocycles. The van der Waals surface area contributed by atoms with Crippen LogP contribution in [0.25, 0.3) is 0 Å². The summed E-state index contributed by atoms with van der Waals surface area (Å²) < 4.78 is 46.0. The maximum Gasteiger partial charge on any atom is 0.257 e. The molecule has 12 heteroatoms. The number of benzene rings is 2. The maximum absolute atomic E-state index is 13.8. The predicted octanol–water partition coefficient (Wildman–Crippen LogP) is 5.77. The van der Waals surface area contributed by atoms with Crippen LogP contribution in [0.3, 0.4) is 0 Å². The van der Waals surface area contributed by atoms with Crippen molar-refractivity contribution in [3.63, 3.8) is 0 Å². The SMILES string of the molecule is O=C(NC1CCC(NC(=O)c2cc(F)cnc2Oc2ccc(F)c(F)c2)CC1)c1cc(Cl)c(Cl)cc1O. The highest BCUT2D eigenvalue weighted by molar-refractivity contribution is 6.42. The number of rotatable bonds is 6. The Morgan fingerprint density at radius 2 is 1.46 bits per heavy atom. The number of nitrogens with one attached hydrogen (secondary N) is 2. The van der Waals surface area contributed by atoms with Crippen molar-refractivity contribution in [3.05, 3.63) is 81.2 Å². The number of pyridine rings is 1. The Kier molecular flexibility index (Phi) is 8.09. The number of amides is 2. The van der Waals surface area contributed by atoms with E-state index in [1.165, 1.54) is 12.1 Å². The van der Waals surface area contributed by atoms with Gasteiger partial charge in [-0.25, -0.2) is 18.2 Å². The molecule has 3 N–H and O–H groups in total. The highest BCUT2D eigenvalue weighted by Crippen LogP contribution is 2.30. The van der Waals surface area contributed by atoms with Gasteiger partial charge in [-0.2, -0.15) is 0 Å². The second kappa shape index (κ2) is 11.3. The fourth-order valence-electron chi connectivity index (χ4n) is 3.95. The largest absolute Gasteiger partial charge is 0.507 e. The van der Waals surface area contributed by atoms with Crippen LogP contribution in [0.15, 0.2) is 42.6 Å². The molecule has 194 valence electrons. The molecule has 2 amide bonds. The topological polar surface area (TPSA) is 101 Å². The van der Waals surface area contributed by atoms with Gasteiger partial charge in [0.05, 0.1) is 21.8 Å². The fraction of sp³-hybridized carbons (Fsp3) is 0.240. The number of phenols is 1. The van der Waals surface area contributed by atoms with E-state index < -0.39 is 29.3 Å². The van der Waals surface area contributed by atoms with Crippen LogP contribution >= 0.6 is 23.2 Å². The minimum atomic E-state index is -1.15. The molecule has 1 aromatic heterocycles. The predicted molar refractivity (Wildman–Crippen MR) is 130 cm³/mol. The maximum atomic E-state index is 13.8. The summed E-state index contributed by atoms with van der Waals surface area (Å²) in [5, 5.41) is 15.9. The summed E-state index contributed by atoms with van der Waals surface area (Å²) in [6.45, 7) is 0. The van der Waals surface area contributed by atoms with E-state index in [9.17, 15) is 27.9 Å². The van der Waals surface area contributed by atoms with Crippen molar-refractivity contribution in [3.8, 4) is 17.4 Å². The molecule has 7 nitrogen and oxygen atoms in total.